The molecule has 3 atom stereocenters. The number of hydrogen-bond acceptors (Lipinski definition) is 7. The second-order valence-corrected chi connectivity index (χ2v) is 10.7. The molecule has 218 valence electrons. The normalized spacial score (nSPS) is 23.5. The van der Waals surface area contributed by atoms with Gasteiger partial charge in [0.2, 0.25) is 0 Å². The third kappa shape index (κ3) is 7.01. The molecule has 2 fully saturated rings. The number of carbonyl (C=O) groups excluding carboxylic acids is 1. The minimum absolute atomic E-state index is 0. The summed E-state index contributed by atoms with van der Waals surface area (Å²) in [5, 5.41) is 14.4. The molecule has 1 N–H and O–H groups in total. The van der Waals surface area contributed by atoms with E-state index in [0.717, 1.165) is 54.8 Å². The molecule has 9 heteroatoms. The molecule has 0 aromatic heterocycles. The number of aliphatic hydroxyl groups is 1. The van der Waals surface area contributed by atoms with E-state index in [4.69, 9.17) is 14.2 Å². The Labute approximate surface area is 249 Å². The fraction of sp³-hybridized carbons (Fsp3) is 0.452. The molecule has 3 aromatic rings. The van der Waals surface area contributed by atoms with Crippen LogP contribution >= 0.6 is 24.8 Å². The van der Waals surface area contributed by atoms with Gasteiger partial charge in [0.1, 0.15) is 17.6 Å². The van der Waals surface area contributed by atoms with E-state index in [1.165, 1.54) is 0 Å². The Hall–Kier alpha value is -2.55. The second-order valence-electron chi connectivity index (χ2n) is 10.7. The number of fused-ring (bicyclic) bond motifs is 1. The predicted octanol–water partition coefficient (Wildman–Crippen LogP) is 5.16. The third-order valence-electron chi connectivity index (χ3n) is 8.27. The van der Waals surface area contributed by atoms with Crippen LogP contribution in [0.3, 0.4) is 0 Å². The highest BCUT2D eigenvalue weighted by molar-refractivity contribution is 5.90. The number of likely N-dealkylation sites (N-methyl/N-ethyl adjacent to an activating group) is 1. The van der Waals surface area contributed by atoms with E-state index in [0.29, 0.717) is 30.6 Å². The van der Waals surface area contributed by atoms with Gasteiger partial charge in [-0.1, -0.05) is 24.3 Å². The van der Waals surface area contributed by atoms with Crippen LogP contribution in [0, 0.1) is 5.92 Å². The number of piperazine rings is 1. The quantitative estimate of drug-likeness (QED) is 0.381. The smallest absolute Gasteiger partial charge is 0.338 e. The zero-order chi connectivity index (χ0) is 26.7. The Morgan fingerprint density at radius 2 is 1.60 bits per heavy atom. The maximum Gasteiger partial charge on any atom is 0.338 e. The van der Waals surface area contributed by atoms with Gasteiger partial charge in [0.05, 0.1) is 25.4 Å². The van der Waals surface area contributed by atoms with E-state index >= 15 is 0 Å². The summed E-state index contributed by atoms with van der Waals surface area (Å²) in [6.45, 7) is 4.72. The lowest BCUT2D eigenvalue weighted by Gasteiger charge is -2.46. The zero-order valence-corrected chi connectivity index (χ0v) is 25.0. The number of ether oxygens (including phenoxy) is 3. The second kappa shape index (κ2) is 13.9. The average Bonchev–Trinajstić information content (AvgIpc) is 2.95. The maximum absolute atomic E-state index is 13.0. The van der Waals surface area contributed by atoms with Gasteiger partial charge < -0.3 is 29.1 Å². The Balaban J connectivity index is 0.00000220. The first-order chi connectivity index (χ1) is 18.4. The summed E-state index contributed by atoms with van der Waals surface area (Å²) in [5.41, 5.74) is 0.397. The summed E-state index contributed by atoms with van der Waals surface area (Å²) in [6, 6.07) is 19.3. The SMILES string of the molecule is COc1cccc(C(=O)OC2CCC(O)(c3ccc4cc(OC)ccc4c3)C(CN3CCN(C)CC3)C2)c1.Cl.Cl. The summed E-state index contributed by atoms with van der Waals surface area (Å²) in [4.78, 5) is 17.7. The maximum atomic E-state index is 13.0. The third-order valence-corrected chi connectivity index (χ3v) is 8.27. The highest BCUT2D eigenvalue weighted by Crippen LogP contribution is 2.44. The van der Waals surface area contributed by atoms with Gasteiger partial charge in [0, 0.05) is 38.6 Å². The van der Waals surface area contributed by atoms with Crippen molar-refractivity contribution >= 4 is 41.6 Å². The van der Waals surface area contributed by atoms with Crippen molar-refractivity contribution in [3.05, 3.63) is 71.8 Å². The molecular formula is C31H40Cl2N2O5. The van der Waals surface area contributed by atoms with Crippen molar-refractivity contribution in [1.82, 2.24) is 9.80 Å². The molecule has 0 spiro atoms. The zero-order valence-electron chi connectivity index (χ0n) is 23.4. The van der Waals surface area contributed by atoms with Crippen LogP contribution in [0.4, 0.5) is 0 Å². The predicted molar refractivity (Wildman–Crippen MR) is 162 cm³/mol. The molecule has 0 amide bonds. The molecule has 7 nitrogen and oxygen atoms in total. The minimum atomic E-state index is -1.00. The van der Waals surface area contributed by atoms with Crippen LogP contribution in [0.25, 0.3) is 10.8 Å². The molecule has 3 unspecified atom stereocenters. The fourth-order valence-electron chi connectivity index (χ4n) is 5.86. The van der Waals surface area contributed by atoms with Gasteiger partial charge >= 0.3 is 5.97 Å². The van der Waals surface area contributed by atoms with Gasteiger partial charge in [0.15, 0.2) is 0 Å². The van der Waals surface area contributed by atoms with E-state index in [9.17, 15) is 9.90 Å². The van der Waals surface area contributed by atoms with E-state index in [-0.39, 0.29) is 42.8 Å². The Bertz CT molecular complexity index is 1280. The standard InChI is InChI=1S/C31H38N2O5.2ClH/c1-32-13-15-33(16-14-32)21-26-20-29(38-30(34)24-5-4-6-27(19-24)36-2)11-12-31(26,35)25-9-7-23-18-28(37-3)10-8-22(23)17-25;;/h4-10,17-19,26,29,35H,11-16,20-21H2,1-3H3;2*1H. The first kappa shape index (κ1) is 32.0. The van der Waals surface area contributed by atoms with Crippen LogP contribution in [0.5, 0.6) is 11.5 Å². The number of benzene rings is 3. The number of rotatable bonds is 7. The number of halogens is 2. The van der Waals surface area contributed by atoms with Crippen LogP contribution in [0.2, 0.25) is 0 Å². The van der Waals surface area contributed by atoms with Gasteiger partial charge in [-0.25, -0.2) is 4.79 Å². The topological polar surface area (TPSA) is 71.5 Å². The molecule has 40 heavy (non-hydrogen) atoms. The van der Waals surface area contributed by atoms with Crippen molar-refractivity contribution in [3.8, 4) is 11.5 Å². The molecule has 1 aliphatic carbocycles. The number of carbonyl (C=O) groups is 1. The number of nitrogens with zero attached hydrogens (tertiary/aromatic N) is 2. The Morgan fingerprint density at radius 3 is 2.33 bits per heavy atom. The summed E-state index contributed by atoms with van der Waals surface area (Å²) in [5.74, 6) is 1.02. The van der Waals surface area contributed by atoms with Crippen molar-refractivity contribution in [2.45, 2.75) is 31.0 Å². The average molecular weight is 592 g/mol. The lowest BCUT2D eigenvalue weighted by Crippen LogP contribution is -2.52. The monoisotopic (exact) mass is 590 g/mol. The van der Waals surface area contributed by atoms with E-state index in [1.54, 1.807) is 32.4 Å². The van der Waals surface area contributed by atoms with Gasteiger partial charge in [-0.15, -0.1) is 24.8 Å². The number of methoxy groups -OCH3 is 2. The van der Waals surface area contributed by atoms with E-state index < -0.39 is 5.60 Å². The first-order valence-corrected chi connectivity index (χ1v) is 13.4. The molecule has 1 saturated heterocycles. The molecular weight excluding hydrogens is 551 g/mol. The van der Waals surface area contributed by atoms with Crippen LogP contribution in [-0.2, 0) is 10.3 Å². The molecule has 1 saturated carbocycles. The van der Waals surface area contributed by atoms with Gasteiger partial charge in [0.25, 0.3) is 0 Å². The fourth-order valence-corrected chi connectivity index (χ4v) is 5.86. The van der Waals surface area contributed by atoms with Crippen molar-refractivity contribution in [3.63, 3.8) is 0 Å². The summed E-state index contributed by atoms with van der Waals surface area (Å²) in [7, 11) is 5.39. The van der Waals surface area contributed by atoms with Crippen molar-refractivity contribution < 1.29 is 24.1 Å². The first-order valence-electron chi connectivity index (χ1n) is 13.4. The highest BCUT2D eigenvalue weighted by atomic mass is 35.5. The summed E-state index contributed by atoms with van der Waals surface area (Å²) >= 11 is 0. The Morgan fingerprint density at radius 1 is 0.925 bits per heavy atom. The van der Waals surface area contributed by atoms with Crippen LogP contribution in [0.1, 0.15) is 35.2 Å². The van der Waals surface area contributed by atoms with Crippen LogP contribution < -0.4 is 9.47 Å². The molecule has 2 aliphatic rings. The number of hydrogen-bond donors (Lipinski definition) is 1. The molecule has 5 rings (SSSR count). The lowest BCUT2D eigenvalue weighted by molar-refractivity contribution is -0.100. The largest absolute Gasteiger partial charge is 0.497 e. The summed E-state index contributed by atoms with van der Waals surface area (Å²) in [6.07, 6.45) is 1.49. The minimum Gasteiger partial charge on any atom is -0.497 e. The lowest BCUT2D eigenvalue weighted by atomic mass is 9.70. The van der Waals surface area contributed by atoms with E-state index in [1.807, 2.05) is 30.3 Å². The van der Waals surface area contributed by atoms with Gasteiger partial charge in [-0.2, -0.15) is 0 Å². The molecule has 0 bridgehead atoms. The Kier molecular flexibility index (Phi) is 11.1. The molecule has 3 aromatic carbocycles. The van der Waals surface area contributed by atoms with Crippen molar-refractivity contribution in [1.29, 1.82) is 0 Å². The van der Waals surface area contributed by atoms with Gasteiger partial charge in [-0.3, -0.25) is 0 Å². The van der Waals surface area contributed by atoms with Crippen molar-refractivity contribution in [2.75, 3.05) is 54.0 Å². The summed E-state index contributed by atoms with van der Waals surface area (Å²) < 4.78 is 16.6. The number of esters is 1. The molecule has 1 heterocycles. The van der Waals surface area contributed by atoms with E-state index in [2.05, 4.69) is 29.0 Å². The molecule has 0 radical (unpaired) electrons. The van der Waals surface area contributed by atoms with Crippen LogP contribution in [0.15, 0.2) is 60.7 Å². The van der Waals surface area contributed by atoms with Crippen molar-refractivity contribution in [2.24, 2.45) is 5.92 Å². The highest BCUT2D eigenvalue weighted by Gasteiger charge is 2.45. The van der Waals surface area contributed by atoms with Crippen LogP contribution in [-0.4, -0.2) is 81.0 Å². The molecule has 1 aliphatic heterocycles. The van der Waals surface area contributed by atoms with Gasteiger partial charge in [-0.05, 0) is 79.0 Å².